The SMILES string of the molecule is CC(c1cccs1)N(C)C1CCC(=O)N(Cc2ccc(F)cc2F)CC1. The lowest BCUT2D eigenvalue weighted by molar-refractivity contribution is -0.131. The van der Waals surface area contributed by atoms with E-state index in [1.807, 2.05) is 0 Å². The zero-order valence-corrected chi connectivity index (χ0v) is 15.9. The maximum atomic E-state index is 13.9. The van der Waals surface area contributed by atoms with Crippen LogP contribution in [0.2, 0.25) is 0 Å². The van der Waals surface area contributed by atoms with E-state index >= 15 is 0 Å². The first kappa shape index (κ1) is 19.0. The molecule has 6 heteroatoms. The van der Waals surface area contributed by atoms with Crippen molar-refractivity contribution >= 4 is 17.2 Å². The van der Waals surface area contributed by atoms with Gasteiger partial charge in [0.15, 0.2) is 0 Å². The van der Waals surface area contributed by atoms with Crippen molar-refractivity contribution in [2.24, 2.45) is 0 Å². The quantitative estimate of drug-likeness (QED) is 0.759. The summed E-state index contributed by atoms with van der Waals surface area (Å²) in [6.45, 7) is 2.97. The third-order valence-corrected chi connectivity index (χ3v) is 6.34. The molecule has 1 aromatic carbocycles. The smallest absolute Gasteiger partial charge is 0.222 e. The van der Waals surface area contributed by atoms with Crippen molar-refractivity contribution in [3.05, 3.63) is 57.8 Å². The van der Waals surface area contributed by atoms with Crippen LogP contribution in [0.3, 0.4) is 0 Å². The van der Waals surface area contributed by atoms with E-state index in [9.17, 15) is 13.6 Å². The van der Waals surface area contributed by atoms with Crippen LogP contribution < -0.4 is 0 Å². The number of likely N-dealkylation sites (tertiary alicyclic amines) is 1. The van der Waals surface area contributed by atoms with Gasteiger partial charge in [0.1, 0.15) is 11.6 Å². The second-order valence-corrected chi connectivity index (χ2v) is 7.87. The van der Waals surface area contributed by atoms with Crippen molar-refractivity contribution in [3.8, 4) is 0 Å². The minimum absolute atomic E-state index is 0.0356. The zero-order valence-electron chi connectivity index (χ0n) is 15.1. The number of hydrogen-bond donors (Lipinski definition) is 0. The first-order valence-corrected chi connectivity index (χ1v) is 9.80. The molecule has 1 saturated heterocycles. The number of benzene rings is 1. The third kappa shape index (κ3) is 4.30. The number of carbonyl (C=O) groups is 1. The van der Waals surface area contributed by atoms with E-state index in [0.717, 1.165) is 18.9 Å². The zero-order chi connectivity index (χ0) is 18.7. The van der Waals surface area contributed by atoms with Gasteiger partial charge < -0.3 is 4.90 Å². The number of halogens is 2. The summed E-state index contributed by atoms with van der Waals surface area (Å²) < 4.78 is 27.0. The third-order valence-electron chi connectivity index (χ3n) is 5.29. The monoisotopic (exact) mass is 378 g/mol. The Morgan fingerprint density at radius 1 is 1.31 bits per heavy atom. The van der Waals surface area contributed by atoms with Crippen LogP contribution in [0.1, 0.15) is 42.7 Å². The number of carbonyl (C=O) groups excluding carboxylic acids is 1. The molecular formula is C20H24F2N2OS. The predicted molar refractivity (Wildman–Crippen MR) is 99.9 cm³/mol. The number of thiophene rings is 1. The minimum atomic E-state index is -0.599. The summed E-state index contributed by atoms with van der Waals surface area (Å²) in [5.41, 5.74) is 0.360. The number of hydrogen-bond acceptors (Lipinski definition) is 3. The average Bonchev–Trinajstić information content (AvgIpc) is 3.09. The van der Waals surface area contributed by atoms with Gasteiger partial charge in [-0.15, -0.1) is 11.3 Å². The number of nitrogens with zero attached hydrogens (tertiary/aromatic N) is 2. The Bertz CT molecular complexity index is 750. The molecule has 0 aliphatic carbocycles. The van der Waals surface area contributed by atoms with Gasteiger partial charge in [0.05, 0.1) is 0 Å². The van der Waals surface area contributed by atoms with Crippen LogP contribution in [-0.2, 0) is 11.3 Å². The molecule has 0 N–H and O–H groups in total. The summed E-state index contributed by atoms with van der Waals surface area (Å²) in [6.07, 6.45) is 2.10. The van der Waals surface area contributed by atoms with Gasteiger partial charge in [-0.1, -0.05) is 12.1 Å². The summed E-state index contributed by atoms with van der Waals surface area (Å²) in [5.74, 6) is -1.16. The fourth-order valence-corrected chi connectivity index (χ4v) is 4.33. The highest BCUT2D eigenvalue weighted by Gasteiger charge is 2.28. The van der Waals surface area contributed by atoms with Gasteiger partial charge in [0.2, 0.25) is 5.91 Å². The lowest BCUT2D eigenvalue weighted by Gasteiger charge is -2.32. The van der Waals surface area contributed by atoms with Crippen LogP contribution in [0.5, 0.6) is 0 Å². The Balaban J connectivity index is 1.65. The molecule has 2 unspecified atom stereocenters. The van der Waals surface area contributed by atoms with Crippen LogP contribution in [0.25, 0.3) is 0 Å². The normalized spacial score (nSPS) is 19.7. The van der Waals surface area contributed by atoms with Crippen LogP contribution in [0.15, 0.2) is 35.7 Å². The van der Waals surface area contributed by atoms with E-state index in [2.05, 4.69) is 36.4 Å². The number of rotatable bonds is 5. The first-order chi connectivity index (χ1) is 12.5. The van der Waals surface area contributed by atoms with Crippen molar-refractivity contribution in [1.29, 1.82) is 0 Å². The largest absolute Gasteiger partial charge is 0.338 e. The lowest BCUT2D eigenvalue weighted by Crippen LogP contribution is -2.35. The molecule has 26 heavy (non-hydrogen) atoms. The Labute approximate surface area is 157 Å². The van der Waals surface area contributed by atoms with Crippen LogP contribution >= 0.6 is 11.3 Å². The van der Waals surface area contributed by atoms with Gasteiger partial charge in [-0.2, -0.15) is 0 Å². The maximum absolute atomic E-state index is 13.9. The van der Waals surface area contributed by atoms with Crippen LogP contribution in [-0.4, -0.2) is 35.3 Å². The molecule has 2 aromatic rings. The summed E-state index contributed by atoms with van der Waals surface area (Å²) in [6, 6.07) is 8.33. The summed E-state index contributed by atoms with van der Waals surface area (Å²) in [4.78, 5) is 17.8. The van der Waals surface area contributed by atoms with Gasteiger partial charge in [-0.05, 0) is 44.3 Å². The Kier molecular flexibility index (Phi) is 6.04. The molecule has 3 nitrogen and oxygen atoms in total. The fraction of sp³-hybridized carbons (Fsp3) is 0.450. The molecule has 1 aliphatic rings. The van der Waals surface area contributed by atoms with Crippen molar-refractivity contribution in [3.63, 3.8) is 0 Å². The molecule has 0 radical (unpaired) electrons. The van der Waals surface area contributed by atoms with Crippen molar-refractivity contribution in [2.75, 3.05) is 13.6 Å². The number of amides is 1. The second-order valence-electron chi connectivity index (χ2n) is 6.89. The molecule has 0 spiro atoms. The van der Waals surface area contributed by atoms with Crippen molar-refractivity contribution in [2.45, 2.75) is 44.8 Å². The molecule has 1 aliphatic heterocycles. The van der Waals surface area contributed by atoms with E-state index in [4.69, 9.17) is 0 Å². The highest BCUT2D eigenvalue weighted by molar-refractivity contribution is 7.10. The van der Waals surface area contributed by atoms with Gasteiger partial charge >= 0.3 is 0 Å². The standard InChI is InChI=1S/C20H24F2N2OS/c1-14(19-4-3-11-26-19)23(2)17-7-8-20(25)24(10-9-17)13-15-5-6-16(21)12-18(15)22/h3-6,11-12,14,17H,7-10,13H2,1-2H3. The Morgan fingerprint density at radius 2 is 2.12 bits per heavy atom. The van der Waals surface area contributed by atoms with Crippen molar-refractivity contribution in [1.82, 2.24) is 9.80 Å². The maximum Gasteiger partial charge on any atom is 0.222 e. The van der Waals surface area contributed by atoms with Gasteiger partial charge in [0, 0.05) is 48.1 Å². The highest BCUT2D eigenvalue weighted by Crippen LogP contribution is 2.29. The van der Waals surface area contributed by atoms with Crippen LogP contribution in [0.4, 0.5) is 8.78 Å². The first-order valence-electron chi connectivity index (χ1n) is 8.92. The summed E-state index contributed by atoms with van der Waals surface area (Å²) in [7, 11) is 2.11. The molecule has 1 amide bonds. The van der Waals surface area contributed by atoms with Crippen LogP contribution in [0, 0.1) is 11.6 Å². The highest BCUT2D eigenvalue weighted by atomic mass is 32.1. The summed E-state index contributed by atoms with van der Waals surface area (Å²) in [5, 5.41) is 2.08. The lowest BCUT2D eigenvalue weighted by atomic mass is 10.1. The van der Waals surface area contributed by atoms with Gasteiger partial charge in [0.25, 0.3) is 0 Å². The summed E-state index contributed by atoms with van der Waals surface area (Å²) >= 11 is 1.74. The predicted octanol–water partition coefficient (Wildman–Crippen LogP) is 4.60. The van der Waals surface area contributed by atoms with E-state index in [-0.39, 0.29) is 12.5 Å². The molecule has 0 bridgehead atoms. The molecule has 1 fully saturated rings. The van der Waals surface area contributed by atoms with E-state index < -0.39 is 11.6 Å². The Hall–Kier alpha value is -1.79. The van der Waals surface area contributed by atoms with E-state index in [0.29, 0.717) is 30.6 Å². The van der Waals surface area contributed by atoms with Crippen molar-refractivity contribution < 1.29 is 13.6 Å². The van der Waals surface area contributed by atoms with Gasteiger partial charge in [-0.25, -0.2) is 8.78 Å². The average molecular weight is 378 g/mol. The van der Waals surface area contributed by atoms with E-state index in [1.54, 1.807) is 16.2 Å². The fourth-order valence-electron chi connectivity index (χ4n) is 3.50. The molecular weight excluding hydrogens is 354 g/mol. The Morgan fingerprint density at radius 3 is 2.81 bits per heavy atom. The second kappa shape index (κ2) is 8.27. The molecule has 0 saturated carbocycles. The minimum Gasteiger partial charge on any atom is -0.338 e. The molecule has 1 aromatic heterocycles. The van der Waals surface area contributed by atoms with E-state index in [1.165, 1.54) is 17.0 Å². The molecule has 2 atom stereocenters. The topological polar surface area (TPSA) is 23.6 Å². The van der Waals surface area contributed by atoms with Gasteiger partial charge in [-0.3, -0.25) is 9.69 Å². The molecule has 2 heterocycles. The molecule has 3 rings (SSSR count). The molecule has 140 valence electrons.